The lowest BCUT2D eigenvalue weighted by Crippen LogP contribution is -2.43. The van der Waals surface area contributed by atoms with Crippen molar-refractivity contribution >= 4 is 5.69 Å². The van der Waals surface area contributed by atoms with Crippen molar-refractivity contribution < 1.29 is 4.74 Å². The summed E-state index contributed by atoms with van der Waals surface area (Å²) in [6.07, 6.45) is 16.8. The number of nitrogens with zero attached hydrogens (tertiary/aromatic N) is 4. The zero-order valence-electron chi connectivity index (χ0n) is 19.5. The SMILES string of the molecule is CCN(CC)CCNC1CCC(N2C=CN(c3ccc(OC4CCCC4)nc3)C2)CC1. The first-order valence-corrected chi connectivity index (χ1v) is 12.5. The summed E-state index contributed by atoms with van der Waals surface area (Å²) in [5, 5.41) is 3.79. The smallest absolute Gasteiger partial charge is 0.213 e. The molecule has 6 nitrogen and oxygen atoms in total. The number of nitrogens with one attached hydrogen (secondary N) is 1. The third-order valence-electron chi connectivity index (χ3n) is 7.32. The molecule has 0 spiro atoms. The maximum absolute atomic E-state index is 6.01. The first-order valence-electron chi connectivity index (χ1n) is 12.5. The molecule has 172 valence electrons. The Kier molecular flexibility index (Phi) is 8.09. The predicted molar refractivity (Wildman–Crippen MR) is 127 cm³/mol. The lowest BCUT2D eigenvalue weighted by molar-refractivity contribution is 0.201. The van der Waals surface area contributed by atoms with Crippen molar-refractivity contribution in [3.63, 3.8) is 0 Å². The number of anilines is 1. The Balaban J connectivity index is 1.18. The van der Waals surface area contributed by atoms with E-state index in [1.54, 1.807) is 0 Å². The van der Waals surface area contributed by atoms with Crippen molar-refractivity contribution in [3.8, 4) is 5.88 Å². The van der Waals surface area contributed by atoms with Gasteiger partial charge >= 0.3 is 0 Å². The van der Waals surface area contributed by atoms with Gasteiger partial charge in [-0.05, 0) is 70.5 Å². The Morgan fingerprint density at radius 3 is 2.48 bits per heavy atom. The zero-order chi connectivity index (χ0) is 21.5. The minimum Gasteiger partial charge on any atom is -0.474 e. The molecule has 0 atom stereocenters. The van der Waals surface area contributed by atoms with E-state index in [-0.39, 0.29) is 0 Å². The van der Waals surface area contributed by atoms with Gasteiger partial charge in [0.1, 0.15) is 6.10 Å². The topological polar surface area (TPSA) is 43.9 Å². The van der Waals surface area contributed by atoms with E-state index in [1.165, 1.54) is 51.4 Å². The third kappa shape index (κ3) is 6.13. The predicted octanol–water partition coefficient (Wildman–Crippen LogP) is 4.20. The molecule has 0 bridgehead atoms. The van der Waals surface area contributed by atoms with E-state index in [1.807, 2.05) is 12.3 Å². The number of rotatable bonds is 10. The Morgan fingerprint density at radius 2 is 1.81 bits per heavy atom. The van der Waals surface area contributed by atoms with Gasteiger partial charge in [-0.2, -0.15) is 0 Å². The standard InChI is InChI=1S/C25H41N5O/c1-3-28(4-2)16-15-26-21-9-11-22(12-10-21)29-17-18-30(20-29)23-13-14-25(27-19-23)31-24-7-5-6-8-24/h13-14,17-19,21-22,24,26H,3-12,15-16,20H2,1-2H3. The van der Waals surface area contributed by atoms with Gasteiger partial charge in [0, 0.05) is 43.6 Å². The molecule has 2 aliphatic carbocycles. The number of hydrogen-bond acceptors (Lipinski definition) is 6. The van der Waals surface area contributed by atoms with E-state index >= 15 is 0 Å². The van der Waals surface area contributed by atoms with E-state index in [0.29, 0.717) is 18.2 Å². The molecule has 1 aromatic heterocycles. The van der Waals surface area contributed by atoms with Crippen LogP contribution in [-0.4, -0.2) is 65.8 Å². The molecule has 6 heteroatoms. The van der Waals surface area contributed by atoms with Gasteiger partial charge in [-0.25, -0.2) is 4.98 Å². The molecule has 2 saturated carbocycles. The van der Waals surface area contributed by atoms with Crippen LogP contribution in [0.2, 0.25) is 0 Å². The molecule has 0 saturated heterocycles. The Morgan fingerprint density at radius 1 is 1.03 bits per heavy atom. The van der Waals surface area contributed by atoms with Crippen molar-refractivity contribution in [1.29, 1.82) is 0 Å². The molecule has 1 aromatic rings. The van der Waals surface area contributed by atoms with Gasteiger partial charge in [-0.1, -0.05) is 13.8 Å². The normalized spacial score (nSPS) is 24.5. The van der Waals surface area contributed by atoms with Crippen LogP contribution < -0.4 is 15.0 Å². The van der Waals surface area contributed by atoms with Gasteiger partial charge in [-0.15, -0.1) is 0 Å². The summed E-state index contributed by atoms with van der Waals surface area (Å²) in [5.74, 6) is 0.766. The average molecular weight is 428 g/mol. The molecule has 0 unspecified atom stereocenters. The molecular formula is C25H41N5O. The maximum Gasteiger partial charge on any atom is 0.213 e. The van der Waals surface area contributed by atoms with Crippen LogP contribution in [0.25, 0.3) is 0 Å². The van der Waals surface area contributed by atoms with Crippen LogP contribution in [0, 0.1) is 0 Å². The average Bonchev–Trinajstić information content (AvgIpc) is 3.50. The Labute approximate surface area is 188 Å². The second-order valence-electron chi connectivity index (χ2n) is 9.29. The van der Waals surface area contributed by atoms with Crippen LogP contribution in [-0.2, 0) is 0 Å². The van der Waals surface area contributed by atoms with Gasteiger partial charge in [0.25, 0.3) is 0 Å². The van der Waals surface area contributed by atoms with E-state index in [2.05, 4.69) is 57.3 Å². The second-order valence-corrected chi connectivity index (χ2v) is 9.29. The van der Waals surface area contributed by atoms with Crippen molar-refractivity contribution in [2.75, 3.05) is 37.7 Å². The lowest BCUT2D eigenvalue weighted by atomic mass is 9.90. The molecule has 1 aliphatic heterocycles. The van der Waals surface area contributed by atoms with E-state index in [9.17, 15) is 0 Å². The molecule has 31 heavy (non-hydrogen) atoms. The van der Waals surface area contributed by atoms with Crippen LogP contribution >= 0.6 is 0 Å². The first kappa shape index (κ1) is 22.4. The third-order valence-corrected chi connectivity index (χ3v) is 7.32. The summed E-state index contributed by atoms with van der Waals surface area (Å²) < 4.78 is 6.01. The number of pyridine rings is 1. The number of likely N-dealkylation sites (N-methyl/N-ethyl adjacent to an activating group) is 1. The molecule has 2 fully saturated rings. The summed E-state index contributed by atoms with van der Waals surface area (Å²) in [4.78, 5) is 11.9. The molecular weight excluding hydrogens is 386 g/mol. The molecule has 0 amide bonds. The minimum atomic E-state index is 0.363. The molecule has 0 aromatic carbocycles. The first-order chi connectivity index (χ1) is 15.2. The highest BCUT2D eigenvalue weighted by Gasteiger charge is 2.27. The van der Waals surface area contributed by atoms with Gasteiger partial charge in [0.15, 0.2) is 0 Å². The van der Waals surface area contributed by atoms with Crippen molar-refractivity contribution in [2.24, 2.45) is 0 Å². The second kappa shape index (κ2) is 11.2. The number of aromatic nitrogens is 1. The Bertz CT molecular complexity index is 676. The monoisotopic (exact) mass is 427 g/mol. The maximum atomic E-state index is 6.01. The molecule has 4 rings (SSSR count). The summed E-state index contributed by atoms with van der Waals surface area (Å²) in [6, 6.07) is 5.51. The Hall–Kier alpha value is -1.79. The molecule has 1 N–H and O–H groups in total. The summed E-state index contributed by atoms with van der Waals surface area (Å²) in [5.41, 5.74) is 1.14. The highest BCUT2D eigenvalue weighted by Crippen LogP contribution is 2.29. The fourth-order valence-corrected chi connectivity index (χ4v) is 5.21. The molecule has 3 aliphatic rings. The summed E-state index contributed by atoms with van der Waals surface area (Å²) in [6.45, 7) is 9.99. The van der Waals surface area contributed by atoms with E-state index in [0.717, 1.165) is 44.4 Å². The fraction of sp³-hybridized carbons (Fsp3) is 0.720. The largest absolute Gasteiger partial charge is 0.474 e. The van der Waals surface area contributed by atoms with Crippen LogP contribution in [0.1, 0.15) is 65.2 Å². The van der Waals surface area contributed by atoms with Gasteiger partial charge in [0.05, 0.1) is 18.6 Å². The van der Waals surface area contributed by atoms with Crippen LogP contribution in [0.3, 0.4) is 0 Å². The number of hydrogen-bond donors (Lipinski definition) is 1. The quantitative estimate of drug-likeness (QED) is 0.604. The highest BCUT2D eigenvalue weighted by molar-refractivity contribution is 5.49. The lowest BCUT2D eigenvalue weighted by Gasteiger charge is -2.36. The van der Waals surface area contributed by atoms with Crippen molar-refractivity contribution in [3.05, 3.63) is 30.7 Å². The van der Waals surface area contributed by atoms with Crippen LogP contribution in [0.5, 0.6) is 5.88 Å². The summed E-state index contributed by atoms with van der Waals surface area (Å²) >= 11 is 0. The number of ether oxygens (including phenoxy) is 1. The van der Waals surface area contributed by atoms with Gasteiger partial charge in [0.2, 0.25) is 5.88 Å². The molecule has 2 heterocycles. The van der Waals surface area contributed by atoms with Crippen molar-refractivity contribution in [1.82, 2.24) is 20.1 Å². The highest BCUT2D eigenvalue weighted by atomic mass is 16.5. The van der Waals surface area contributed by atoms with Gasteiger partial charge < -0.3 is 24.8 Å². The fourth-order valence-electron chi connectivity index (χ4n) is 5.21. The summed E-state index contributed by atoms with van der Waals surface area (Å²) in [7, 11) is 0. The minimum absolute atomic E-state index is 0.363. The van der Waals surface area contributed by atoms with Crippen LogP contribution in [0.15, 0.2) is 30.7 Å². The van der Waals surface area contributed by atoms with Gasteiger partial charge in [-0.3, -0.25) is 0 Å². The molecule has 0 radical (unpaired) electrons. The van der Waals surface area contributed by atoms with E-state index < -0.39 is 0 Å². The van der Waals surface area contributed by atoms with E-state index in [4.69, 9.17) is 4.74 Å². The van der Waals surface area contributed by atoms with Crippen LogP contribution in [0.4, 0.5) is 5.69 Å². The van der Waals surface area contributed by atoms with Crippen molar-refractivity contribution in [2.45, 2.75) is 83.4 Å². The zero-order valence-corrected chi connectivity index (χ0v) is 19.5.